The van der Waals surface area contributed by atoms with Crippen molar-refractivity contribution in [3.63, 3.8) is 0 Å². The van der Waals surface area contributed by atoms with Gasteiger partial charge < -0.3 is 14.9 Å². The van der Waals surface area contributed by atoms with Crippen molar-refractivity contribution < 1.29 is 14.7 Å². The van der Waals surface area contributed by atoms with Gasteiger partial charge in [0.2, 0.25) is 0 Å². The summed E-state index contributed by atoms with van der Waals surface area (Å²) in [6, 6.07) is 6.27. The third kappa shape index (κ3) is 4.37. The van der Waals surface area contributed by atoms with Crippen molar-refractivity contribution in [1.29, 1.82) is 0 Å². The molecule has 1 aromatic heterocycles. The number of halogens is 1. The lowest BCUT2D eigenvalue weighted by atomic mass is 9.95. The Hall–Kier alpha value is -2.77. The third-order valence-corrected chi connectivity index (χ3v) is 5.30. The molecule has 0 bridgehead atoms. The molecule has 0 spiro atoms. The monoisotopic (exact) mass is 428 g/mol. The van der Waals surface area contributed by atoms with E-state index in [1.165, 1.54) is 11.1 Å². The second-order valence-electron chi connectivity index (χ2n) is 7.62. The van der Waals surface area contributed by atoms with Crippen LogP contribution in [0.5, 0.6) is 0 Å². The predicted molar refractivity (Wildman–Crippen MR) is 115 cm³/mol. The molecule has 1 aromatic carbocycles. The number of aromatic nitrogens is 2. The van der Waals surface area contributed by atoms with Gasteiger partial charge in [0, 0.05) is 17.8 Å². The predicted octanol–water partition coefficient (Wildman–Crippen LogP) is 3.12. The quantitative estimate of drug-likeness (QED) is 0.432. The van der Waals surface area contributed by atoms with Crippen molar-refractivity contribution >= 4 is 29.1 Å². The molecule has 7 nitrogen and oxygen atoms in total. The number of amides is 1. The van der Waals surface area contributed by atoms with Crippen LogP contribution in [0, 0.1) is 13.8 Å². The molecular weight excluding hydrogens is 404 g/mol. The number of hydrogen-bond acceptors (Lipinski definition) is 6. The van der Waals surface area contributed by atoms with Gasteiger partial charge in [-0.3, -0.25) is 9.59 Å². The highest BCUT2D eigenvalue weighted by Crippen LogP contribution is 2.40. The first-order valence-electron chi connectivity index (χ1n) is 9.70. The largest absolute Gasteiger partial charge is 0.507 e. The van der Waals surface area contributed by atoms with Crippen molar-refractivity contribution in [1.82, 2.24) is 19.8 Å². The van der Waals surface area contributed by atoms with Gasteiger partial charge in [-0.05, 0) is 58.6 Å². The Morgan fingerprint density at radius 2 is 2.00 bits per heavy atom. The van der Waals surface area contributed by atoms with Crippen LogP contribution < -0.4 is 0 Å². The lowest BCUT2D eigenvalue weighted by Gasteiger charge is -2.26. The molecule has 158 valence electrons. The molecule has 0 aliphatic carbocycles. The van der Waals surface area contributed by atoms with Gasteiger partial charge in [0.05, 0.1) is 22.9 Å². The molecule has 0 saturated carbocycles. The Morgan fingerprint density at radius 1 is 1.27 bits per heavy atom. The van der Waals surface area contributed by atoms with Crippen LogP contribution in [0.15, 0.2) is 36.0 Å². The molecule has 3 rings (SSSR count). The maximum Gasteiger partial charge on any atom is 0.295 e. The molecule has 1 aliphatic rings. The van der Waals surface area contributed by atoms with Crippen LogP contribution in [-0.2, 0) is 9.59 Å². The Morgan fingerprint density at radius 3 is 2.63 bits per heavy atom. The van der Waals surface area contributed by atoms with Crippen LogP contribution in [0.4, 0.5) is 0 Å². The number of carbonyl (C=O) groups is 2. The summed E-state index contributed by atoms with van der Waals surface area (Å²) in [5.74, 6) is -1.07. The van der Waals surface area contributed by atoms with Crippen molar-refractivity contribution in [3.8, 4) is 0 Å². The van der Waals surface area contributed by atoms with E-state index in [1.54, 1.807) is 38.1 Å². The standard InChI is InChI=1S/C22H25ClN4O3/c1-13-17(12-24-14(2)25-13)20(28)18-19(15-7-5-8-16(23)11-15)27(22(30)21(18)29)10-6-9-26(3)4/h5,7-8,11-12,19,28H,6,9-10H2,1-4H3. The van der Waals surface area contributed by atoms with Crippen molar-refractivity contribution in [2.75, 3.05) is 27.2 Å². The van der Waals surface area contributed by atoms with Gasteiger partial charge in [-0.1, -0.05) is 23.7 Å². The van der Waals surface area contributed by atoms with E-state index < -0.39 is 17.7 Å². The Labute approximate surface area is 181 Å². The van der Waals surface area contributed by atoms with Crippen LogP contribution in [-0.4, -0.2) is 63.7 Å². The average Bonchev–Trinajstić information content (AvgIpc) is 2.92. The molecule has 1 amide bonds. The number of carbonyl (C=O) groups excluding carboxylic acids is 2. The van der Waals surface area contributed by atoms with Gasteiger partial charge in [0.25, 0.3) is 11.7 Å². The van der Waals surface area contributed by atoms with Crippen LogP contribution in [0.2, 0.25) is 5.02 Å². The van der Waals surface area contributed by atoms with Crippen LogP contribution in [0.3, 0.4) is 0 Å². The van der Waals surface area contributed by atoms with E-state index in [4.69, 9.17) is 11.6 Å². The fourth-order valence-corrected chi connectivity index (χ4v) is 3.85. The van der Waals surface area contributed by atoms with Gasteiger partial charge in [-0.2, -0.15) is 0 Å². The number of nitrogens with zero attached hydrogens (tertiary/aromatic N) is 4. The van der Waals surface area contributed by atoms with Gasteiger partial charge in [-0.15, -0.1) is 0 Å². The summed E-state index contributed by atoms with van der Waals surface area (Å²) < 4.78 is 0. The van der Waals surface area contributed by atoms with E-state index in [2.05, 4.69) is 9.97 Å². The molecule has 1 fully saturated rings. The fourth-order valence-electron chi connectivity index (χ4n) is 3.65. The second kappa shape index (κ2) is 8.93. The van der Waals surface area contributed by atoms with Crippen LogP contribution in [0.25, 0.3) is 5.76 Å². The summed E-state index contributed by atoms with van der Waals surface area (Å²) >= 11 is 6.18. The molecule has 8 heteroatoms. The highest BCUT2D eigenvalue weighted by molar-refractivity contribution is 6.46. The minimum absolute atomic E-state index is 0.0303. The number of hydrogen-bond donors (Lipinski definition) is 1. The first-order chi connectivity index (χ1) is 14.2. The molecule has 2 heterocycles. The highest BCUT2D eigenvalue weighted by Gasteiger charge is 2.46. The summed E-state index contributed by atoms with van der Waals surface area (Å²) in [6.07, 6.45) is 2.16. The van der Waals surface area contributed by atoms with E-state index in [0.717, 1.165) is 6.54 Å². The number of benzene rings is 1. The van der Waals surface area contributed by atoms with Gasteiger partial charge in [-0.25, -0.2) is 9.97 Å². The summed E-state index contributed by atoms with van der Waals surface area (Å²) in [5.41, 5.74) is 1.56. The Bertz CT molecular complexity index is 1020. The zero-order valence-electron chi connectivity index (χ0n) is 17.5. The summed E-state index contributed by atoms with van der Waals surface area (Å²) in [6.45, 7) is 4.61. The highest BCUT2D eigenvalue weighted by atomic mass is 35.5. The van der Waals surface area contributed by atoms with Gasteiger partial charge >= 0.3 is 0 Å². The van der Waals surface area contributed by atoms with Gasteiger partial charge in [0.15, 0.2) is 0 Å². The maximum absolute atomic E-state index is 13.0. The number of likely N-dealkylation sites (tertiary alicyclic amines) is 1. The van der Waals surface area contributed by atoms with Crippen molar-refractivity contribution in [2.24, 2.45) is 0 Å². The molecule has 2 aromatic rings. The number of aliphatic hydroxyl groups excluding tert-OH is 1. The second-order valence-corrected chi connectivity index (χ2v) is 8.06. The summed E-state index contributed by atoms with van der Waals surface area (Å²) in [7, 11) is 3.89. The number of ketones is 1. The normalized spacial score (nSPS) is 18.5. The first kappa shape index (κ1) is 21.9. The smallest absolute Gasteiger partial charge is 0.295 e. The minimum Gasteiger partial charge on any atom is -0.507 e. The van der Waals surface area contributed by atoms with Gasteiger partial charge in [0.1, 0.15) is 11.6 Å². The van der Waals surface area contributed by atoms with E-state index in [9.17, 15) is 14.7 Å². The maximum atomic E-state index is 13.0. The topological polar surface area (TPSA) is 86.6 Å². The van der Waals surface area contributed by atoms with E-state index in [-0.39, 0.29) is 11.3 Å². The fraction of sp³-hybridized carbons (Fsp3) is 0.364. The summed E-state index contributed by atoms with van der Waals surface area (Å²) in [4.78, 5) is 37.8. The molecule has 1 N–H and O–H groups in total. The average molecular weight is 429 g/mol. The third-order valence-electron chi connectivity index (χ3n) is 5.06. The Kier molecular flexibility index (Phi) is 6.53. The number of Topliss-reactive ketones (excluding diaryl/α,β-unsaturated/α-hetero) is 1. The molecular formula is C22H25ClN4O3. The van der Waals surface area contributed by atoms with E-state index in [1.807, 2.05) is 19.0 Å². The molecule has 30 heavy (non-hydrogen) atoms. The number of rotatable bonds is 6. The molecule has 1 aliphatic heterocycles. The van der Waals surface area contributed by atoms with Crippen LogP contribution in [0.1, 0.15) is 35.1 Å². The molecule has 1 saturated heterocycles. The zero-order chi connectivity index (χ0) is 22.0. The van der Waals surface area contributed by atoms with E-state index in [0.29, 0.717) is 40.6 Å². The van der Waals surface area contributed by atoms with Crippen molar-refractivity contribution in [2.45, 2.75) is 26.3 Å². The molecule has 1 atom stereocenters. The first-order valence-corrected chi connectivity index (χ1v) is 10.1. The van der Waals surface area contributed by atoms with E-state index >= 15 is 0 Å². The van der Waals surface area contributed by atoms with Crippen LogP contribution >= 0.6 is 11.6 Å². The lowest BCUT2D eigenvalue weighted by Crippen LogP contribution is -2.32. The minimum atomic E-state index is -0.730. The number of aliphatic hydroxyl groups is 1. The lowest BCUT2D eigenvalue weighted by molar-refractivity contribution is -0.139. The summed E-state index contributed by atoms with van der Waals surface area (Å²) in [5, 5.41) is 11.6. The number of aryl methyl sites for hydroxylation is 2. The molecule has 0 radical (unpaired) electrons. The Balaban J connectivity index is 2.13. The van der Waals surface area contributed by atoms with Crippen molar-refractivity contribution in [3.05, 3.63) is 63.7 Å². The SMILES string of the molecule is Cc1ncc(C(O)=C2C(=O)C(=O)N(CCCN(C)C)C2c2cccc(Cl)c2)c(C)n1. The molecule has 1 unspecified atom stereocenters. The zero-order valence-corrected chi connectivity index (χ0v) is 18.3.